The Kier molecular flexibility index (Phi) is 7.18. The predicted octanol–water partition coefficient (Wildman–Crippen LogP) is 5.99. The van der Waals surface area contributed by atoms with Gasteiger partial charge in [-0.25, -0.2) is 4.39 Å². The van der Waals surface area contributed by atoms with Crippen LogP contribution >= 0.6 is 15.9 Å². The van der Waals surface area contributed by atoms with Gasteiger partial charge in [0, 0.05) is 16.1 Å². The maximum absolute atomic E-state index is 14.2. The summed E-state index contributed by atoms with van der Waals surface area (Å²) in [5.41, 5.74) is 0.814. The monoisotopic (exact) mass is 355 g/mol. The van der Waals surface area contributed by atoms with Gasteiger partial charge in [-0.1, -0.05) is 55.0 Å². The Morgan fingerprint density at radius 2 is 2.05 bits per heavy atom. The lowest BCUT2D eigenvalue weighted by molar-refractivity contribution is 0.312. The van der Waals surface area contributed by atoms with Crippen molar-refractivity contribution in [3.63, 3.8) is 0 Å². The third kappa shape index (κ3) is 5.37. The summed E-state index contributed by atoms with van der Waals surface area (Å²) in [6.45, 7) is 3.10. The molecule has 1 fully saturated rings. The highest BCUT2D eigenvalue weighted by atomic mass is 79.9. The van der Waals surface area contributed by atoms with E-state index in [0.717, 1.165) is 35.3 Å². The van der Waals surface area contributed by atoms with E-state index in [0.29, 0.717) is 0 Å². The summed E-state index contributed by atoms with van der Waals surface area (Å²) in [4.78, 5) is 0. The van der Waals surface area contributed by atoms with Crippen LogP contribution in [0.1, 0.15) is 69.9 Å². The third-order valence-corrected chi connectivity index (χ3v) is 5.06. The van der Waals surface area contributed by atoms with Gasteiger partial charge in [-0.2, -0.15) is 0 Å². The van der Waals surface area contributed by atoms with E-state index in [2.05, 4.69) is 28.2 Å². The maximum Gasteiger partial charge on any atom is 0.128 e. The molecule has 0 saturated heterocycles. The first-order valence-electron chi connectivity index (χ1n) is 8.39. The average molecular weight is 356 g/mol. The molecule has 1 N–H and O–H groups in total. The van der Waals surface area contributed by atoms with Crippen molar-refractivity contribution in [1.29, 1.82) is 0 Å². The molecular weight excluding hydrogens is 329 g/mol. The lowest BCUT2D eigenvalue weighted by atomic mass is 9.84. The zero-order valence-corrected chi connectivity index (χ0v) is 14.6. The minimum atomic E-state index is -0.0875. The molecule has 2 rings (SSSR count). The maximum atomic E-state index is 14.2. The predicted molar refractivity (Wildman–Crippen MR) is 90.9 cm³/mol. The molecule has 1 nitrogen and oxygen atoms in total. The molecule has 0 aliphatic heterocycles. The summed E-state index contributed by atoms with van der Waals surface area (Å²) in [7, 11) is 0. The topological polar surface area (TPSA) is 12.0 Å². The van der Waals surface area contributed by atoms with Crippen molar-refractivity contribution in [2.45, 2.75) is 64.3 Å². The van der Waals surface area contributed by atoms with Gasteiger partial charge >= 0.3 is 0 Å². The molecule has 3 heteroatoms. The van der Waals surface area contributed by atoms with Crippen LogP contribution in [-0.2, 0) is 0 Å². The van der Waals surface area contributed by atoms with Crippen molar-refractivity contribution in [3.05, 3.63) is 34.1 Å². The molecule has 1 aliphatic carbocycles. The quantitative estimate of drug-likeness (QED) is 0.633. The normalized spacial score (nSPS) is 17.9. The second-order valence-electron chi connectivity index (χ2n) is 6.25. The first-order chi connectivity index (χ1) is 10.2. The van der Waals surface area contributed by atoms with Crippen LogP contribution in [0.2, 0.25) is 0 Å². The van der Waals surface area contributed by atoms with Crippen LogP contribution in [0.3, 0.4) is 0 Å². The van der Waals surface area contributed by atoms with E-state index in [1.165, 1.54) is 38.5 Å². The van der Waals surface area contributed by atoms with E-state index in [-0.39, 0.29) is 11.9 Å². The molecule has 1 aromatic carbocycles. The lowest BCUT2D eigenvalue weighted by Gasteiger charge is -2.25. The summed E-state index contributed by atoms with van der Waals surface area (Å²) < 4.78 is 15.1. The second kappa shape index (κ2) is 8.89. The van der Waals surface area contributed by atoms with Gasteiger partial charge < -0.3 is 5.32 Å². The zero-order valence-electron chi connectivity index (χ0n) is 13.0. The van der Waals surface area contributed by atoms with Crippen molar-refractivity contribution in [2.24, 2.45) is 5.92 Å². The molecule has 1 atom stereocenters. The summed E-state index contributed by atoms with van der Waals surface area (Å²) in [6, 6.07) is 5.42. The Labute approximate surface area is 136 Å². The molecule has 1 aromatic rings. The molecule has 1 unspecified atom stereocenters. The van der Waals surface area contributed by atoms with Gasteiger partial charge in [0.15, 0.2) is 0 Å². The molecule has 1 saturated carbocycles. The van der Waals surface area contributed by atoms with Gasteiger partial charge in [0.2, 0.25) is 0 Å². The number of benzene rings is 1. The third-order valence-electron chi connectivity index (χ3n) is 4.56. The van der Waals surface area contributed by atoms with Crippen LogP contribution in [0.5, 0.6) is 0 Å². The molecule has 0 amide bonds. The zero-order chi connectivity index (χ0) is 15.1. The molecule has 0 heterocycles. The van der Waals surface area contributed by atoms with Gasteiger partial charge in [0.25, 0.3) is 0 Å². The standard InChI is InChI=1S/C18H27BrFN/c1-2-12-21-18(11-8-14-6-4-3-5-7-14)16-13-15(19)9-10-17(16)20/h9-10,13-14,18,21H,2-8,11-12H2,1H3. The number of nitrogens with one attached hydrogen (secondary N) is 1. The van der Waals surface area contributed by atoms with Crippen molar-refractivity contribution in [3.8, 4) is 0 Å². The SMILES string of the molecule is CCCNC(CCC1CCCCC1)c1cc(Br)ccc1F. The van der Waals surface area contributed by atoms with Crippen molar-refractivity contribution < 1.29 is 4.39 Å². The Bertz CT molecular complexity index is 429. The first kappa shape index (κ1) is 17.0. The summed E-state index contributed by atoms with van der Waals surface area (Å²) >= 11 is 3.47. The minimum Gasteiger partial charge on any atom is -0.310 e. The molecular formula is C18H27BrFN. The van der Waals surface area contributed by atoms with Crippen LogP contribution in [0.4, 0.5) is 4.39 Å². The molecule has 118 valence electrons. The molecule has 0 bridgehead atoms. The minimum absolute atomic E-state index is 0.0875. The molecule has 0 radical (unpaired) electrons. The fourth-order valence-corrected chi connectivity index (χ4v) is 3.72. The van der Waals surface area contributed by atoms with E-state index in [1.54, 1.807) is 12.1 Å². The Hall–Kier alpha value is -0.410. The number of rotatable bonds is 7. The van der Waals surface area contributed by atoms with E-state index in [9.17, 15) is 4.39 Å². The molecule has 0 spiro atoms. The molecule has 0 aromatic heterocycles. The Morgan fingerprint density at radius 1 is 1.29 bits per heavy atom. The van der Waals surface area contributed by atoms with E-state index in [4.69, 9.17) is 0 Å². The van der Waals surface area contributed by atoms with Gasteiger partial charge in [-0.05, 0) is 49.9 Å². The van der Waals surface area contributed by atoms with E-state index < -0.39 is 0 Å². The number of hydrogen-bond acceptors (Lipinski definition) is 1. The van der Waals surface area contributed by atoms with Crippen molar-refractivity contribution in [2.75, 3.05) is 6.54 Å². The summed E-state index contributed by atoms with van der Waals surface area (Å²) in [5, 5.41) is 3.53. The average Bonchev–Trinajstić information content (AvgIpc) is 2.51. The van der Waals surface area contributed by atoms with Crippen LogP contribution in [0.25, 0.3) is 0 Å². The summed E-state index contributed by atoms with van der Waals surface area (Å²) in [6.07, 6.45) is 10.2. The molecule has 21 heavy (non-hydrogen) atoms. The fourth-order valence-electron chi connectivity index (χ4n) is 3.35. The van der Waals surface area contributed by atoms with Crippen molar-refractivity contribution in [1.82, 2.24) is 5.32 Å². The van der Waals surface area contributed by atoms with Crippen molar-refractivity contribution >= 4 is 15.9 Å². The smallest absolute Gasteiger partial charge is 0.128 e. The van der Waals surface area contributed by atoms with E-state index >= 15 is 0 Å². The van der Waals surface area contributed by atoms with Crippen LogP contribution in [-0.4, -0.2) is 6.54 Å². The largest absolute Gasteiger partial charge is 0.310 e. The lowest BCUT2D eigenvalue weighted by Crippen LogP contribution is -2.24. The second-order valence-corrected chi connectivity index (χ2v) is 7.17. The Morgan fingerprint density at radius 3 is 2.76 bits per heavy atom. The summed E-state index contributed by atoms with van der Waals surface area (Å²) in [5.74, 6) is 0.760. The van der Waals surface area contributed by atoms with Crippen LogP contribution in [0.15, 0.2) is 22.7 Å². The van der Waals surface area contributed by atoms with Crippen LogP contribution < -0.4 is 5.32 Å². The number of hydrogen-bond donors (Lipinski definition) is 1. The van der Waals surface area contributed by atoms with Gasteiger partial charge in [-0.3, -0.25) is 0 Å². The molecule has 1 aliphatic rings. The highest BCUT2D eigenvalue weighted by molar-refractivity contribution is 9.10. The van der Waals surface area contributed by atoms with Gasteiger partial charge in [0.05, 0.1) is 0 Å². The van der Waals surface area contributed by atoms with E-state index in [1.807, 2.05) is 6.07 Å². The first-order valence-corrected chi connectivity index (χ1v) is 9.18. The van der Waals surface area contributed by atoms with Crippen LogP contribution in [0, 0.1) is 11.7 Å². The number of halogens is 2. The highest BCUT2D eigenvalue weighted by Crippen LogP contribution is 2.31. The van der Waals surface area contributed by atoms with Gasteiger partial charge in [0.1, 0.15) is 5.82 Å². The fraction of sp³-hybridized carbons (Fsp3) is 0.667. The Balaban J connectivity index is 2.00. The van der Waals surface area contributed by atoms with Gasteiger partial charge in [-0.15, -0.1) is 0 Å². The highest BCUT2D eigenvalue weighted by Gasteiger charge is 2.19.